The van der Waals surface area contributed by atoms with Crippen molar-refractivity contribution in [3.8, 4) is 0 Å². The third-order valence-electron chi connectivity index (χ3n) is 3.60. The van der Waals surface area contributed by atoms with Crippen molar-refractivity contribution in [1.29, 1.82) is 0 Å². The molecule has 0 saturated carbocycles. The van der Waals surface area contributed by atoms with Gasteiger partial charge in [0.2, 0.25) is 21.1 Å². The highest BCUT2D eigenvalue weighted by Gasteiger charge is 2.32. The molecule has 7 nitrogen and oxygen atoms in total. The van der Waals surface area contributed by atoms with E-state index in [1.807, 2.05) is 26.2 Å². The van der Waals surface area contributed by atoms with Gasteiger partial charge in [0.1, 0.15) is 6.04 Å². The van der Waals surface area contributed by atoms with Crippen LogP contribution in [0.25, 0.3) is 0 Å². The molecule has 0 spiro atoms. The molecule has 1 atom stereocenters. The number of aromatic nitrogens is 2. The number of nitrogens with one attached hydrogen (secondary N) is 1. The molecule has 1 N–H and O–H groups in total. The number of carbonyl (C=O) groups is 1. The first-order valence-electron chi connectivity index (χ1n) is 7.91. The maximum Gasteiger partial charge on any atom is 0.250 e. The zero-order chi connectivity index (χ0) is 19.5. The minimum absolute atomic E-state index is 0.320. The van der Waals surface area contributed by atoms with Crippen molar-refractivity contribution in [2.45, 2.75) is 37.6 Å². The van der Waals surface area contributed by atoms with Crippen LogP contribution in [0.4, 0.5) is 10.8 Å². The van der Waals surface area contributed by atoms with Crippen molar-refractivity contribution in [1.82, 2.24) is 10.2 Å². The smallest absolute Gasteiger partial charge is 0.250 e. The minimum atomic E-state index is -3.66. The number of hydrogen-bond acceptors (Lipinski definition) is 7. The van der Waals surface area contributed by atoms with E-state index in [0.29, 0.717) is 17.2 Å². The van der Waals surface area contributed by atoms with Gasteiger partial charge in [0, 0.05) is 0 Å². The molecule has 0 fully saturated rings. The van der Waals surface area contributed by atoms with Crippen molar-refractivity contribution in [3.63, 3.8) is 0 Å². The fraction of sp³-hybridized carbons (Fsp3) is 0.438. The van der Waals surface area contributed by atoms with Gasteiger partial charge in [-0.3, -0.25) is 14.4 Å². The molecule has 26 heavy (non-hydrogen) atoms. The average Bonchev–Trinajstić information content (AvgIpc) is 2.97. The summed E-state index contributed by atoms with van der Waals surface area (Å²) in [5.74, 6) is -0.430. The first kappa shape index (κ1) is 20.7. The van der Waals surface area contributed by atoms with Crippen molar-refractivity contribution in [2.24, 2.45) is 0 Å². The van der Waals surface area contributed by atoms with Crippen molar-refractivity contribution in [3.05, 3.63) is 29.3 Å². The number of hydrogen-bond donors (Lipinski definition) is 1. The Morgan fingerprint density at radius 2 is 1.88 bits per heavy atom. The number of amides is 1. The van der Waals surface area contributed by atoms with Gasteiger partial charge < -0.3 is 0 Å². The number of sulfonamides is 1. The molecule has 1 heterocycles. The van der Waals surface area contributed by atoms with Crippen LogP contribution in [0.2, 0.25) is 0 Å². The Morgan fingerprint density at radius 3 is 2.35 bits per heavy atom. The summed E-state index contributed by atoms with van der Waals surface area (Å²) in [4.78, 5) is 12.8. The highest BCUT2D eigenvalue weighted by atomic mass is 32.2. The third-order valence-corrected chi connectivity index (χ3v) is 6.60. The summed E-state index contributed by atoms with van der Waals surface area (Å²) in [6, 6.07) is 4.60. The predicted molar refractivity (Wildman–Crippen MR) is 108 cm³/mol. The highest BCUT2D eigenvalue weighted by Crippen LogP contribution is 2.27. The van der Waals surface area contributed by atoms with Crippen LogP contribution >= 0.6 is 23.1 Å². The van der Waals surface area contributed by atoms with E-state index in [-0.39, 0.29) is 0 Å². The average molecular weight is 415 g/mol. The summed E-state index contributed by atoms with van der Waals surface area (Å²) < 4.78 is 26.9. The second-order valence-electron chi connectivity index (χ2n) is 5.90. The second-order valence-corrected chi connectivity index (χ2v) is 9.79. The van der Waals surface area contributed by atoms with Crippen LogP contribution < -0.4 is 9.62 Å². The lowest BCUT2D eigenvalue weighted by Crippen LogP contribution is -2.47. The SMILES string of the molecule is CC[C@H](C(=O)Nc1nnc(SC)s1)N(c1cc(C)cc(C)c1)S(C)(=O)=O. The van der Waals surface area contributed by atoms with Crippen LogP contribution in [0.15, 0.2) is 22.5 Å². The van der Waals surface area contributed by atoms with Crippen LogP contribution in [0.3, 0.4) is 0 Å². The van der Waals surface area contributed by atoms with Gasteiger partial charge in [0.05, 0.1) is 11.9 Å². The second kappa shape index (κ2) is 8.36. The molecule has 0 saturated heterocycles. The van der Waals surface area contributed by atoms with Crippen LogP contribution in [0, 0.1) is 13.8 Å². The minimum Gasteiger partial charge on any atom is -0.299 e. The molecule has 0 aliphatic heterocycles. The molecule has 1 aromatic carbocycles. The molecule has 1 amide bonds. The first-order valence-corrected chi connectivity index (χ1v) is 11.8. The Morgan fingerprint density at radius 1 is 1.27 bits per heavy atom. The van der Waals surface area contributed by atoms with Gasteiger partial charge in [-0.15, -0.1) is 10.2 Å². The number of carbonyl (C=O) groups excluding carboxylic acids is 1. The van der Waals surface area contributed by atoms with E-state index >= 15 is 0 Å². The number of nitrogens with zero attached hydrogens (tertiary/aromatic N) is 3. The Balaban J connectivity index is 2.39. The lowest BCUT2D eigenvalue weighted by Gasteiger charge is -2.30. The maximum absolute atomic E-state index is 12.8. The van der Waals surface area contributed by atoms with Crippen molar-refractivity contribution >= 4 is 49.8 Å². The van der Waals surface area contributed by atoms with E-state index in [4.69, 9.17) is 0 Å². The van der Waals surface area contributed by atoms with Gasteiger partial charge >= 0.3 is 0 Å². The first-order chi connectivity index (χ1) is 12.2. The molecule has 2 rings (SSSR count). The van der Waals surface area contributed by atoms with E-state index in [2.05, 4.69) is 15.5 Å². The number of aryl methyl sites for hydroxylation is 2. The largest absolute Gasteiger partial charge is 0.299 e. The van der Waals surface area contributed by atoms with E-state index in [9.17, 15) is 13.2 Å². The number of rotatable bonds is 7. The Labute approximate surface area is 162 Å². The molecule has 1 aromatic heterocycles. The third kappa shape index (κ3) is 4.95. The monoisotopic (exact) mass is 414 g/mol. The van der Waals surface area contributed by atoms with E-state index in [1.165, 1.54) is 27.4 Å². The molecule has 0 aliphatic rings. The van der Waals surface area contributed by atoms with Gasteiger partial charge in [-0.25, -0.2) is 8.42 Å². The summed E-state index contributed by atoms with van der Waals surface area (Å²) in [6.45, 7) is 5.56. The zero-order valence-corrected chi connectivity index (χ0v) is 17.8. The molecular formula is C16H22N4O3S3. The summed E-state index contributed by atoms with van der Waals surface area (Å²) in [5, 5.41) is 10.9. The summed E-state index contributed by atoms with van der Waals surface area (Å²) in [6.07, 6.45) is 3.30. The van der Waals surface area contributed by atoms with E-state index in [0.717, 1.165) is 21.7 Å². The fourth-order valence-electron chi connectivity index (χ4n) is 2.67. The van der Waals surface area contributed by atoms with Gasteiger partial charge in [-0.1, -0.05) is 36.1 Å². The fourth-order valence-corrected chi connectivity index (χ4v) is 5.04. The number of anilines is 2. The molecule has 0 unspecified atom stereocenters. The summed E-state index contributed by atoms with van der Waals surface area (Å²) in [7, 11) is -3.66. The molecule has 0 radical (unpaired) electrons. The van der Waals surface area contributed by atoms with Crippen molar-refractivity contribution in [2.75, 3.05) is 22.1 Å². The zero-order valence-electron chi connectivity index (χ0n) is 15.3. The van der Waals surface area contributed by atoms with Crippen LogP contribution in [0.5, 0.6) is 0 Å². The maximum atomic E-state index is 12.8. The Bertz CT molecular complexity index is 876. The summed E-state index contributed by atoms with van der Waals surface area (Å²) in [5.41, 5.74) is 2.34. The Kier molecular flexibility index (Phi) is 6.64. The highest BCUT2D eigenvalue weighted by molar-refractivity contribution is 8.00. The normalized spacial score (nSPS) is 12.7. The van der Waals surface area contributed by atoms with Gasteiger partial charge in [0.15, 0.2) is 4.34 Å². The Hall–Kier alpha value is -1.65. The molecule has 0 bridgehead atoms. The molecule has 10 heteroatoms. The quantitative estimate of drug-likeness (QED) is 0.553. The lowest BCUT2D eigenvalue weighted by molar-refractivity contribution is -0.117. The van der Waals surface area contributed by atoms with E-state index in [1.54, 1.807) is 19.1 Å². The molecule has 0 aliphatic carbocycles. The van der Waals surface area contributed by atoms with Gasteiger partial charge in [0.25, 0.3) is 0 Å². The predicted octanol–water partition coefficient (Wildman–Crippen LogP) is 3.06. The van der Waals surface area contributed by atoms with Crippen LogP contribution in [-0.4, -0.2) is 43.1 Å². The standard InChI is InChI=1S/C16H22N4O3S3/c1-6-13(14(21)17-15-18-19-16(24-4)25-15)20(26(5,22)23)12-8-10(2)7-11(3)9-12/h7-9,13H,6H2,1-5H3,(H,17,18,21)/t13-/m1/s1. The number of benzene rings is 1. The van der Waals surface area contributed by atoms with Crippen LogP contribution in [0.1, 0.15) is 24.5 Å². The van der Waals surface area contributed by atoms with Crippen LogP contribution in [-0.2, 0) is 14.8 Å². The summed E-state index contributed by atoms with van der Waals surface area (Å²) >= 11 is 2.68. The van der Waals surface area contributed by atoms with Gasteiger partial charge in [-0.2, -0.15) is 0 Å². The van der Waals surface area contributed by atoms with Crippen molar-refractivity contribution < 1.29 is 13.2 Å². The molecular weight excluding hydrogens is 392 g/mol. The van der Waals surface area contributed by atoms with Gasteiger partial charge in [-0.05, 0) is 49.8 Å². The molecule has 2 aromatic rings. The molecule has 142 valence electrons. The van der Waals surface area contributed by atoms with E-state index < -0.39 is 22.0 Å². The number of thioether (sulfide) groups is 1. The topological polar surface area (TPSA) is 92.3 Å². The lowest BCUT2D eigenvalue weighted by atomic mass is 10.1.